The predicted molar refractivity (Wildman–Crippen MR) is 96.2 cm³/mol. The summed E-state index contributed by atoms with van der Waals surface area (Å²) in [5, 5.41) is 14.0. The van der Waals surface area contributed by atoms with E-state index in [1.54, 1.807) is 6.07 Å². The topological polar surface area (TPSA) is 49.3 Å². The number of carboxylic acids is 1. The van der Waals surface area contributed by atoms with Gasteiger partial charge in [0.2, 0.25) is 0 Å². The standard InChI is InChI=1S/C19H15Cl2NO2/c20-12-6-4-10(5-7-12)17-14-3-1-2-13(14)15-8-11(19(23)24)9-16(21)18(15)22-17/h1-2,4-9,13-14,17,22H,3H2,(H,23,24)/t13-,14-,17+/m0/s1. The Labute approximate surface area is 149 Å². The van der Waals surface area contributed by atoms with Crippen LogP contribution in [-0.4, -0.2) is 11.1 Å². The zero-order valence-corrected chi connectivity index (χ0v) is 14.2. The molecule has 0 spiro atoms. The molecule has 4 rings (SSSR count). The molecule has 0 bridgehead atoms. The van der Waals surface area contributed by atoms with Crippen molar-refractivity contribution in [3.05, 3.63) is 75.3 Å². The maximum atomic E-state index is 11.3. The van der Waals surface area contributed by atoms with Gasteiger partial charge in [-0.25, -0.2) is 4.79 Å². The van der Waals surface area contributed by atoms with Crippen molar-refractivity contribution in [1.82, 2.24) is 0 Å². The minimum Gasteiger partial charge on any atom is -0.478 e. The summed E-state index contributed by atoms with van der Waals surface area (Å²) >= 11 is 12.4. The molecule has 0 saturated carbocycles. The molecule has 2 aromatic rings. The van der Waals surface area contributed by atoms with Crippen LogP contribution in [0.4, 0.5) is 5.69 Å². The number of aromatic carboxylic acids is 1. The first-order chi connectivity index (χ1) is 11.5. The highest BCUT2D eigenvalue weighted by Gasteiger charge is 2.39. The fourth-order valence-corrected chi connectivity index (χ4v) is 4.19. The largest absolute Gasteiger partial charge is 0.478 e. The van der Waals surface area contributed by atoms with Gasteiger partial charge in [-0.05, 0) is 47.7 Å². The van der Waals surface area contributed by atoms with Crippen LogP contribution in [0.15, 0.2) is 48.6 Å². The van der Waals surface area contributed by atoms with Crippen molar-refractivity contribution in [2.24, 2.45) is 5.92 Å². The number of nitrogens with one attached hydrogen (secondary N) is 1. The molecule has 0 aromatic heterocycles. The number of allylic oxidation sites excluding steroid dienone is 2. The lowest BCUT2D eigenvalue weighted by molar-refractivity contribution is 0.0696. The number of anilines is 1. The van der Waals surface area contributed by atoms with Gasteiger partial charge in [0, 0.05) is 10.9 Å². The van der Waals surface area contributed by atoms with Gasteiger partial charge in [0.05, 0.1) is 22.3 Å². The number of carbonyl (C=O) groups is 1. The van der Waals surface area contributed by atoms with Gasteiger partial charge in [0.1, 0.15) is 0 Å². The van der Waals surface area contributed by atoms with E-state index in [0.717, 1.165) is 23.2 Å². The summed E-state index contributed by atoms with van der Waals surface area (Å²) in [5.41, 5.74) is 3.17. The lowest BCUT2D eigenvalue weighted by Crippen LogP contribution is -2.29. The molecule has 0 amide bonds. The maximum absolute atomic E-state index is 11.3. The van der Waals surface area contributed by atoms with Crippen molar-refractivity contribution in [3.63, 3.8) is 0 Å². The van der Waals surface area contributed by atoms with Crippen LogP contribution in [0.1, 0.15) is 39.9 Å². The highest BCUT2D eigenvalue weighted by Crippen LogP contribution is 2.51. The molecular weight excluding hydrogens is 345 g/mol. The van der Waals surface area contributed by atoms with Crippen molar-refractivity contribution in [3.8, 4) is 0 Å². The smallest absolute Gasteiger partial charge is 0.335 e. The van der Waals surface area contributed by atoms with Gasteiger partial charge < -0.3 is 10.4 Å². The number of halogens is 2. The molecule has 5 heteroatoms. The van der Waals surface area contributed by atoms with E-state index in [9.17, 15) is 9.90 Å². The van der Waals surface area contributed by atoms with Crippen LogP contribution in [0.5, 0.6) is 0 Å². The molecule has 24 heavy (non-hydrogen) atoms. The fraction of sp³-hybridized carbons (Fsp3) is 0.211. The van der Waals surface area contributed by atoms with Crippen LogP contribution in [0, 0.1) is 5.92 Å². The van der Waals surface area contributed by atoms with E-state index in [0.29, 0.717) is 16.0 Å². The Bertz CT molecular complexity index is 845. The van der Waals surface area contributed by atoms with Crippen LogP contribution in [0.25, 0.3) is 0 Å². The number of benzene rings is 2. The average molecular weight is 360 g/mol. The molecule has 1 aliphatic heterocycles. The van der Waals surface area contributed by atoms with E-state index < -0.39 is 5.97 Å². The van der Waals surface area contributed by atoms with Crippen LogP contribution >= 0.6 is 23.2 Å². The second kappa shape index (κ2) is 5.83. The molecular formula is C19H15Cl2NO2. The molecule has 2 aliphatic rings. The molecule has 1 heterocycles. The van der Waals surface area contributed by atoms with Crippen LogP contribution in [0.2, 0.25) is 10.0 Å². The first kappa shape index (κ1) is 15.6. The number of hydrogen-bond donors (Lipinski definition) is 2. The van der Waals surface area contributed by atoms with Gasteiger partial charge in [-0.1, -0.05) is 47.5 Å². The molecule has 122 valence electrons. The number of rotatable bonds is 2. The number of fused-ring (bicyclic) bond motifs is 3. The monoisotopic (exact) mass is 359 g/mol. The molecule has 0 unspecified atom stereocenters. The van der Waals surface area contributed by atoms with Crippen molar-refractivity contribution < 1.29 is 9.90 Å². The van der Waals surface area contributed by atoms with E-state index in [2.05, 4.69) is 17.5 Å². The first-order valence-corrected chi connectivity index (χ1v) is 8.55. The van der Waals surface area contributed by atoms with Gasteiger partial charge in [-0.15, -0.1) is 0 Å². The van der Waals surface area contributed by atoms with E-state index in [1.165, 1.54) is 6.07 Å². The predicted octanol–water partition coefficient (Wildman–Crippen LogP) is 5.52. The summed E-state index contributed by atoms with van der Waals surface area (Å²) in [6, 6.07) is 11.2. The third-order valence-corrected chi connectivity index (χ3v) is 5.45. The molecule has 2 N–H and O–H groups in total. The Hall–Kier alpha value is -1.97. The van der Waals surface area contributed by atoms with Gasteiger partial charge in [0.15, 0.2) is 0 Å². The Morgan fingerprint density at radius 3 is 2.62 bits per heavy atom. The lowest BCUT2D eigenvalue weighted by atomic mass is 9.76. The average Bonchev–Trinajstić information content (AvgIpc) is 3.05. The van der Waals surface area contributed by atoms with E-state index in [1.807, 2.05) is 24.3 Å². The molecule has 0 saturated heterocycles. The Balaban J connectivity index is 1.82. The Morgan fingerprint density at radius 1 is 1.17 bits per heavy atom. The van der Waals surface area contributed by atoms with E-state index >= 15 is 0 Å². The third-order valence-electron chi connectivity index (χ3n) is 4.90. The van der Waals surface area contributed by atoms with Crippen molar-refractivity contribution in [1.29, 1.82) is 0 Å². The molecule has 0 fully saturated rings. The zero-order chi connectivity index (χ0) is 16.8. The van der Waals surface area contributed by atoms with Crippen LogP contribution in [-0.2, 0) is 0 Å². The summed E-state index contributed by atoms with van der Waals surface area (Å²) in [6.07, 6.45) is 5.27. The summed E-state index contributed by atoms with van der Waals surface area (Å²) in [6.45, 7) is 0. The fourth-order valence-electron chi connectivity index (χ4n) is 3.78. The Kier molecular flexibility index (Phi) is 3.78. The highest BCUT2D eigenvalue weighted by atomic mass is 35.5. The molecule has 1 aliphatic carbocycles. The van der Waals surface area contributed by atoms with Gasteiger partial charge in [-0.2, -0.15) is 0 Å². The van der Waals surface area contributed by atoms with Crippen LogP contribution in [0.3, 0.4) is 0 Å². The molecule has 2 aromatic carbocycles. The quantitative estimate of drug-likeness (QED) is 0.694. The molecule has 0 radical (unpaired) electrons. The normalized spacial score (nSPS) is 24.2. The molecule has 3 atom stereocenters. The van der Waals surface area contributed by atoms with E-state index in [-0.39, 0.29) is 17.5 Å². The molecule has 3 nitrogen and oxygen atoms in total. The second-order valence-corrected chi connectivity index (χ2v) is 7.10. The van der Waals surface area contributed by atoms with Gasteiger partial charge in [-0.3, -0.25) is 0 Å². The Morgan fingerprint density at radius 2 is 1.92 bits per heavy atom. The van der Waals surface area contributed by atoms with Crippen LogP contribution < -0.4 is 5.32 Å². The van der Waals surface area contributed by atoms with Crippen molar-refractivity contribution >= 4 is 34.9 Å². The van der Waals surface area contributed by atoms with Crippen molar-refractivity contribution in [2.75, 3.05) is 5.32 Å². The van der Waals surface area contributed by atoms with Crippen molar-refractivity contribution in [2.45, 2.75) is 18.4 Å². The zero-order valence-electron chi connectivity index (χ0n) is 12.7. The lowest BCUT2D eigenvalue weighted by Gasteiger charge is -2.38. The van der Waals surface area contributed by atoms with E-state index in [4.69, 9.17) is 23.2 Å². The number of carboxylic acid groups (broad SMARTS) is 1. The van der Waals surface area contributed by atoms with Gasteiger partial charge >= 0.3 is 5.97 Å². The first-order valence-electron chi connectivity index (χ1n) is 7.80. The minimum atomic E-state index is -0.960. The third kappa shape index (κ3) is 2.48. The second-order valence-electron chi connectivity index (χ2n) is 6.25. The summed E-state index contributed by atoms with van der Waals surface area (Å²) < 4.78 is 0. The maximum Gasteiger partial charge on any atom is 0.335 e. The minimum absolute atomic E-state index is 0.114. The summed E-state index contributed by atoms with van der Waals surface area (Å²) in [5.74, 6) is -0.462. The number of hydrogen-bond acceptors (Lipinski definition) is 2. The summed E-state index contributed by atoms with van der Waals surface area (Å²) in [4.78, 5) is 11.3. The van der Waals surface area contributed by atoms with Gasteiger partial charge in [0.25, 0.3) is 0 Å². The SMILES string of the molecule is O=C(O)c1cc(Cl)c2c(c1)[C@H]1C=CC[C@@H]1[C@@H](c1ccc(Cl)cc1)N2. The summed E-state index contributed by atoms with van der Waals surface area (Å²) in [7, 11) is 0. The highest BCUT2D eigenvalue weighted by molar-refractivity contribution is 6.34.